The van der Waals surface area contributed by atoms with Gasteiger partial charge < -0.3 is 5.73 Å². The molecule has 2 unspecified atom stereocenters. The maximum Gasteiger partial charge on any atom is 0.261 e. The minimum absolute atomic E-state index is 0.00907. The van der Waals surface area contributed by atoms with Crippen LogP contribution in [-0.2, 0) is 6.54 Å². The molecule has 1 fully saturated rings. The van der Waals surface area contributed by atoms with Gasteiger partial charge in [-0.1, -0.05) is 42.3 Å². The molecule has 1 aromatic heterocycles. The Kier molecular flexibility index (Phi) is 5.51. The highest BCUT2D eigenvalue weighted by Crippen LogP contribution is 2.31. The van der Waals surface area contributed by atoms with Gasteiger partial charge in [-0.25, -0.2) is 4.98 Å². The van der Waals surface area contributed by atoms with Gasteiger partial charge in [0.15, 0.2) is 0 Å². The van der Waals surface area contributed by atoms with Gasteiger partial charge in [0.2, 0.25) is 0 Å². The van der Waals surface area contributed by atoms with Crippen LogP contribution >= 0.6 is 11.6 Å². The maximum atomic E-state index is 13.4. The Morgan fingerprint density at radius 3 is 2.75 bits per heavy atom. The van der Waals surface area contributed by atoms with E-state index in [1.165, 1.54) is 12.8 Å². The zero-order valence-electron chi connectivity index (χ0n) is 16.2. The SMILES string of the molecule is Cc1ccccc1-c1nc2cc(Cl)ccc2c(=O)n1CC1CCCC(CN)C1. The van der Waals surface area contributed by atoms with Gasteiger partial charge in [0.25, 0.3) is 5.56 Å². The van der Waals surface area contributed by atoms with E-state index < -0.39 is 0 Å². The quantitative estimate of drug-likeness (QED) is 0.690. The molecule has 0 amide bonds. The third kappa shape index (κ3) is 3.71. The van der Waals surface area contributed by atoms with Crippen molar-refractivity contribution in [1.82, 2.24) is 9.55 Å². The monoisotopic (exact) mass is 395 g/mol. The van der Waals surface area contributed by atoms with E-state index in [9.17, 15) is 4.79 Å². The van der Waals surface area contributed by atoms with Crippen molar-refractivity contribution < 1.29 is 0 Å². The molecule has 0 saturated heterocycles. The highest BCUT2D eigenvalue weighted by molar-refractivity contribution is 6.31. The lowest BCUT2D eigenvalue weighted by molar-refractivity contribution is 0.246. The highest BCUT2D eigenvalue weighted by atomic mass is 35.5. The predicted molar refractivity (Wildman–Crippen MR) is 116 cm³/mol. The van der Waals surface area contributed by atoms with Crippen LogP contribution in [0.2, 0.25) is 5.02 Å². The van der Waals surface area contributed by atoms with Gasteiger partial charge in [-0.15, -0.1) is 0 Å². The van der Waals surface area contributed by atoms with Crippen LogP contribution < -0.4 is 11.3 Å². The molecule has 0 bridgehead atoms. The Labute approximate surface area is 170 Å². The van der Waals surface area contributed by atoms with Crippen molar-refractivity contribution in [1.29, 1.82) is 0 Å². The molecule has 1 aliphatic carbocycles. The molecule has 0 radical (unpaired) electrons. The average Bonchev–Trinajstić information content (AvgIpc) is 2.70. The van der Waals surface area contributed by atoms with Crippen LogP contribution in [-0.4, -0.2) is 16.1 Å². The first kappa shape index (κ1) is 19.2. The third-order valence-electron chi connectivity index (χ3n) is 5.97. The van der Waals surface area contributed by atoms with Crippen molar-refractivity contribution in [3.63, 3.8) is 0 Å². The summed E-state index contributed by atoms with van der Waals surface area (Å²) in [5.41, 5.74) is 8.68. The molecule has 0 spiro atoms. The van der Waals surface area contributed by atoms with E-state index in [4.69, 9.17) is 22.3 Å². The Morgan fingerprint density at radius 1 is 1.18 bits per heavy atom. The first-order valence-corrected chi connectivity index (χ1v) is 10.4. The lowest BCUT2D eigenvalue weighted by Gasteiger charge is -2.29. The summed E-state index contributed by atoms with van der Waals surface area (Å²) < 4.78 is 1.88. The molecule has 1 saturated carbocycles. The molecule has 28 heavy (non-hydrogen) atoms. The van der Waals surface area contributed by atoms with Crippen molar-refractivity contribution in [2.24, 2.45) is 17.6 Å². The van der Waals surface area contributed by atoms with Gasteiger partial charge in [0.05, 0.1) is 10.9 Å². The van der Waals surface area contributed by atoms with Crippen molar-refractivity contribution in [3.05, 3.63) is 63.4 Å². The number of fused-ring (bicyclic) bond motifs is 1. The van der Waals surface area contributed by atoms with E-state index in [0.717, 1.165) is 36.3 Å². The predicted octanol–water partition coefficient (Wildman–Crippen LogP) is 4.79. The normalized spacial score (nSPS) is 19.8. The summed E-state index contributed by atoms with van der Waals surface area (Å²) in [5.74, 6) is 1.74. The molecule has 1 aliphatic rings. The number of hydrogen-bond acceptors (Lipinski definition) is 3. The molecule has 0 aliphatic heterocycles. The molecule has 4 nitrogen and oxygen atoms in total. The largest absolute Gasteiger partial charge is 0.330 e. The minimum atomic E-state index is 0.00907. The second-order valence-electron chi connectivity index (χ2n) is 7.96. The summed E-state index contributed by atoms with van der Waals surface area (Å²) in [7, 11) is 0. The number of nitrogens with two attached hydrogens (primary N) is 1. The van der Waals surface area contributed by atoms with Crippen LogP contribution in [0.1, 0.15) is 31.2 Å². The summed E-state index contributed by atoms with van der Waals surface area (Å²) >= 11 is 6.17. The molecule has 2 atom stereocenters. The fourth-order valence-corrected chi connectivity index (χ4v) is 4.60. The topological polar surface area (TPSA) is 60.9 Å². The van der Waals surface area contributed by atoms with Crippen molar-refractivity contribution in [3.8, 4) is 11.4 Å². The third-order valence-corrected chi connectivity index (χ3v) is 6.20. The standard InChI is InChI=1S/C23H26ClN3O/c1-15-5-2-3-8-19(15)22-26-21-12-18(24)9-10-20(21)23(28)27(22)14-17-7-4-6-16(11-17)13-25/h2-3,5,8-10,12,16-17H,4,6-7,11,13-14,25H2,1H3. The fourth-order valence-electron chi connectivity index (χ4n) is 4.43. The van der Waals surface area contributed by atoms with Crippen LogP contribution in [0.15, 0.2) is 47.3 Å². The highest BCUT2D eigenvalue weighted by Gasteiger charge is 2.24. The second-order valence-corrected chi connectivity index (χ2v) is 8.40. The Bertz CT molecular complexity index is 1060. The van der Waals surface area contributed by atoms with Crippen LogP contribution in [0, 0.1) is 18.8 Å². The fraction of sp³-hybridized carbons (Fsp3) is 0.391. The molecule has 146 valence electrons. The smallest absolute Gasteiger partial charge is 0.261 e. The molecule has 1 heterocycles. The van der Waals surface area contributed by atoms with E-state index in [1.54, 1.807) is 18.2 Å². The summed E-state index contributed by atoms with van der Waals surface area (Å²) in [4.78, 5) is 18.3. The molecule has 2 aromatic carbocycles. The number of halogens is 1. The number of benzene rings is 2. The van der Waals surface area contributed by atoms with E-state index in [-0.39, 0.29) is 5.56 Å². The summed E-state index contributed by atoms with van der Waals surface area (Å²) in [6.45, 7) is 3.47. The first-order valence-electron chi connectivity index (χ1n) is 10.0. The zero-order chi connectivity index (χ0) is 19.7. The lowest BCUT2D eigenvalue weighted by Crippen LogP contribution is -2.30. The maximum absolute atomic E-state index is 13.4. The number of rotatable bonds is 4. The van der Waals surface area contributed by atoms with Crippen LogP contribution in [0.3, 0.4) is 0 Å². The number of hydrogen-bond donors (Lipinski definition) is 1. The summed E-state index contributed by atoms with van der Waals surface area (Å²) in [6.07, 6.45) is 4.59. The van der Waals surface area contributed by atoms with Gasteiger partial charge in [-0.3, -0.25) is 9.36 Å². The van der Waals surface area contributed by atoms with Crippen LogP contribution in [0.5, 0.6) is 0 Å². The van der Waals surface area contributed by atoms with Gasteiger partial charge in [-0.2, -0.15) is 0 Å². The second kappa shape index (κ2) is 8.06. The van der Waals surface area contributed by atoms with Gasteiger partial charge in [0.1, 0.15) is 5.82 Å². The Hall–Kier alpha value is -2.17. The number of nitrogens with zero attached hydrogens (tertiary/aromatic N) is 2. The number of aryl methyl sites for hydroxylation is 1. The molecule has 3 aromatic rings. The first-order chi connectivity index (χ1) is 13.6. The van der Waals surface area contributed by atoms with Crippen molar-refractivity contribution in [2.45, 2.75) is 39.2 Å². The van der Waals surface area contributed by atoms with E-state index in [2.05, 4.69) is 13.0 Å². The van der Waals surface area contributed by atoms with Crippen molar-refractivity contribution >= 4 is 22.5 Å². The van der Waals surface area contributed by atoms with Crippen LogP contribution in [0.25, 0.3) is 22.3 Å². The Balaban J connectivity index is 1.86. The molecule has 4 rings (SSSR count). The molecular weight excluding hydrogens is 370 g/mol. The van der Waals surface area contributed by atoms with E-state index in [1.807, 2.05) is 22.8 Å². The Morgan fingerprint density at radius 2 is 1.96 bits per heavy atom. The lowest BCUT2D eigenvalue weighted by atomic mass is 9.81. The van der Waals surface area contributed by atoms with Gasteiger partial charge in [0, 0.05) is 17.1 Å². The summed E-state index contributed by atoms with van der Waals surface area (Å²) in [5, 5.41) is 1.21. The summed E-state index contributed by atoms with van der Waals surface area (Å²) in [6, 6.07) is 13.4. The molecular formula is C23H26ClN3O. The average molecular weight is 396 g/mol. The van der Waals surface area contributed by atoms with Crippen molar-refractivity contribution in [2.75, 3.05) is 6.54 Å². The van der Waals surface area contributed by atoms with E-state index in [0.29, 0.717) is 34.3 Å². The van der Waals surface area contributed by atoms with E-state index >= 15 is 0 Å². The molecule has 2 N–H and O–H groups in total. The van der Waals surface area contributed by atoms with Crippen LogP contribution in [0.4, 0.5) is 0 Å². The zero-order valence-corrected chi connectivity index (χ0v) is 17.0. The van der Waals surface area contributed by atoms with Gasteiger partial charge >= 0.3 is 0 Å². The number of aromatic nitrogens is 2. The molecule has 5 heteroatoms. The van der Waals surface area contributed by atoms with Gasteiger partial charge in [-0.05, 0) is 68.3 Å². The minimum Gasteiger partial charge on any atom is -0.330 e.